The molecule has 0 aliphatic heterocycles. The highest BCUT2D eigenvalue weighted by molar-refractivity contribution is 5.70. The number of aryl methyl sites for hydroxylation is 1. The lowest BCUT2D eigenvalue weighted by Crippen LogP contribution is -2.12. The van der Waals surface area contributed by atoms with Crippen LogP contribution in [0.5, 0.6) is 11.5 Å². The first-order valence-corrected chi connectivity index (χ1v) is 10.7. The van der Waals surface area contributed by atoms with Crippen LogP contribution in [0.25, 0.3) is 11.3 Å². The van der Waals surface area contributed by atoms with E-state index in [-0.39, 0.29) is 5.41 Å². The van der Waals surface area contributed by atoms with Gasteiger partial charge in [0.1, 0.15) is 24.7 Å². The Balaban J connectivity index is 1.97. The highest BCUT2D eigenvalue weighted by atomic mass is 16.5. The third-order valence-corrected chi connectivity index (χ3v) is 5.37. The van der Waals surface area contributed by atoms with E-state index in [1.54, 1.807) is 7.11 Å². The normalized spacial score (nSPS) is 11.4. The van der Waals surface area contributed by atoms with Crippen LogP contribution >= 0.6 is 0 Å². The van der Waals surface area contributed by atoms with E-state index < -0.39 is 0 Å². The maximum Gasteiger partial charge on any atom is 0.129 e. The summed E-state index contributed by atoms with van der Waals surface area (Å²) in [6, 6.07) is 18.6. The molecule has 0 fully saturated rings. The van der Waals surface area contributed by atoms with E-state index in [1.165, 1.54) is 5.56 Å². The van der Waals surface area contributed by atoms with Crippen molar-refractivity contribution in [1.82, 2.24) is 4.98 Å². The summed E-state index contributed by atoms with van der Waals surface area (Å²) >= 11 is 0. The van der Waals surface area contributed by atoms with Crippen LogP contribution in [0.1, 0.15) is 43.2 Å². The van der Waals surface area contributed by atoms with E-state index in [9.17, 15) is 0 Å². The average molecular weight is 420 g/mol. The summed E-state index contributed by atoms with van der Waals surface area (Å²) in [5.74, 6) is 1.66. The summed E-state index contributed by atoms with van der Waals surface area (Å²) in [4.78, 5) is 4.85. The number of methoxy groups -OCH3 is 1. The second-order valence-electron chi connectivity index (χ2n) is 8.79. The third-order valence-electron chi connectivity index (χ3n) is 5.37. The summed E-state index contributed by atoms with van der Waals surface area (Å²) in [5.41, 5.74) is 6.18. The Morgan fingerprint density at radius 2 is 1.58 bits per heavy atom. The average Bonchev–Trinajstić information content (AvgIpc) is 2.75. The molecular weight excluding hydrogens is 386 g/mol. The maximum atomic E-state index is 6.18. The predicted octanol–water partition coefficient (Wildman–Crippen LogP) is 6.27. The Morgan fingerprint density at radius 3 is 2.26 bits per heavy atom. The fourth-order valence-electron chi connectivity index (χ4n) is 3.29. The number of aromatic nitrogens is 1. The quantitative estimate of drug-likeness (QED) is 0.404. The van der Waals surface area contributed by atoms with Gasteiger partial charge in [0.2, 0.25) is 0 Å². The van der Waals surface area contributed by atoms with Crippen LogP contribution in [-0.4, -0.2) is 25.3 Å². The van der Waals surface area contributed by atoms with Crippen molar-refractivity contribution < 1.29 is 14.2 Å². The van der Waals surface area contributed by atoms with Crippen molar-refractivity contribution in [2.24, 2.45) is 0 Å². The van der Waals surface area contributed by atoms with Gasteiger partial charge in [-0.2, -0.15) is 0 Å². The van der Waals surface area contributed by atoms with Crippen molar-refractivity contribution in [2.75, 3.05) is 20.3 Å². The highest BCUT2D eigenvalue weighted by Gasteiger charge is 2.19. The molecular formula is C27H33NO3. The number of nitrogens with zero attached hydrogens (tertiary/aromatic N) is 1. The molecule has 0 saturated carbocycles. The Hall–Kier alpha value is -2.85. The van der Waals surface area contributed by atoms with Gasteiger partial charge in [0, 0.05) is 30.0 Å². The van der Waals surface area contributed by atoms with Crippen LogP contribution in [0, 0.1) is 13.8 Å². The molecule has 0 saturated heterocycles. The molecule has 0 spiro atoms. The number of rotatable bonds is 8. The van der Waals surface area contributed by atoms with Crippen LogP contribution in [0.4, 0.5) is 0 Å². The van der Waals surface area contributed by atoms with E-state index in [2.05, 4.69) is 51.1 Å². The molecule has 4 nitrogen and oxygen atoms in total. The van der Waals surface area contributed by atoms with E-state index in [0.29, 0.717) is 19.8 Å². The fourth-order valence-corrected chi connectivity index (χ4v) is 3.29. The van der Waals surface area contributed by atoms with E-state index >= 15 is 0 Å². The molecule has 0 aliphatic rings. The molecule has 3 rings (SSSR count). The van der Waals surface area contributed by atoms with Crippen molar-refractivity contribution in [1.29, 1.82) is 0 Å². The largest absolute Gasteiger partial charge is 0.490 e. The van der Waals surface area contributed by atoms with Gasteiger partial charge in [0.25, 0.3) is 0 Å². The van der Waals surface area contributed by atoms with Crippen LogP contribution in [-0.2, 0) is 16.8 Å². The third kappa shape index (κ3) is 5.86. The van der Waals surface area contributed by atoms with Gasteiger partial charge in [0.05, 0.1) is 12.3 Å². The van der Waals surface area contributed by atoms with Crippen LogP contribution in [0.15, 0.2) is 54.6 Å². The van der Waals surface area contributed by atoms with Crippen molar-refractivity contribution in [2.45, 2.75) is 46.6 Å². The SMILES string of the molecule is COCCOc1cc(C(C)(C)C)ccc1-c1cc(OCc2ccccc2)c(C)c(C)n1. The van der Waals surface area contributed by atoms with Crippen LogP contribution in [0.2, 0.25) is 0 Å². The molecule has 4 heteroatoms. The molecule has 1 aromatic heterocycles. The monoisotopic (exact) mass is 419 g/mol. The number of ether oxygens (including phenoxy) is 3. The first-order valence-electron chi connectivity index (χ1n) is 10.7. The van der Waals surface area contributed by atoms with Gasteiger partial charge >= 0.3 is 0 Å². The number of hydrogen-bond acceptors (Lipinski definition) is 4. The lowest BCUT2D eigenvalue weighted by molar-refractivity contribution is 0.146. The summed E-state index contributed by atoms with van der Waals surface area (Å²) in [6.07, 6.45) is 0. The Labute approximate surface area is 186 Å². The zero-order valence-corrected chi connectivity index (χ0v) is 19.5. The smallest absolute Gasteiger partial charge is 0.129 e. The van der Waals surface area contributed by atoms with Gasteiger partial charge in [-0.05, 0) is 42.5 Å². The minimum Gasteiger partial charge on any atom is -0.490 e. The minimum absolute atomic E-state index is 0.0263. The Bertz CT molecular complexity index is 1010. The van der Waals surface area contributed by atoms with Gasteiger partial charge in [-0.25, -0.2) is 0 Å². The molecule has 0 amide bonds. The predicted molar refractivity (Wildman–Crippen MR) is 126 cm³/mol. The van der Waals surface area contributed by atoms with Crippen molar-refractivity contribution in [3.63, 3.8) is 0 Å². The standard InChI is InChI=1S/C27H33NO3/c1-19-20(2)28-24(17-25(19)31-18-21-10-8-7-9-11-21)23-13-12-22(27(3,4)5)16-26(23)30-15-14-29-6/h7-13,16-17H,14-15,18H2,1-6H3. The zero-order valence-electron chi connectivity index (χ0n) is 19.5. The van der Waals surface area contributed by atoms with Crippen LogP contribution < -0.4 is 9.47 Å². The van der Waals surface area contributed by atoms with E-state index in [0.717, 1.165) is 39.6 Å². The summed E-state index contributed by atoms with van der Waals surface area (Å²) in [5, 5.41) is 0. The lowest BCUT2D eigenvalue weighted by atomic mass is 9.86. The highest BCUT2D eigenvalue weighted by Crippen LogP contribution is 2.36. The molecule has 0 atom stereocenters. The molecule has 0 radical (unpaired) electrons. The molecule has 0 N–H and O–H groups in total. The number of benzene rings is 2. The molecule has 2 aromatic carbocycles. The van der Waals surface area contributed by atoms with Gasteiger partial charge in [-0.15, -0.1) is 0 Å². The van der Waals surface area contributed by atoms with Gasteiger partial charge in [0.15, 0.2) is 0 Å². The molecule has 0 unspecified atom stereocenters. The fraction of sp³-hybridized carbons (Fsp3) is 0.370. The molecule has 0 bridgehead atoms. The number of pyridine rings is 1. The van der Waals surface area contributed by atoms with E-state index in [4.69, 9.17) is 19.2 Å². The first-order chi connectivity index (χ1) is 14.8. The molecule has 1 heterocycles. The minimum atomic E-state index is 0.0263. The number of hydrogen-bond donors (Lipinski definition) is 0. The van der Waals surface area contributed by atoms with Crippen molar-refractivity contribution in [3.8, 4) is 22.8 Å². The topological polar surface area (TPSA) is 40.6 Å². The Morgan fingerprint density at radius 1 is 0.839 bits per heavy atom. The second kappa shape index (κ2) is 9.97. The summed E-state index contributed by atoms with van der Waals surface area (Å²) < 4.78 is 17.5. The maximum absolute atomic E-state index is 6.18. The van der Waals surface area contributed by atoms with E-state index in [1.807, 2.05) is 38.1 Å². The Kier molecular flexibility index (Phi) is 7.34. The molecule has 0 aliphatic carbocycles. The molecule has 164 valence electrons. The van der Waals surface area contributed by atoms with Gasteiger partial charge < -0.3 is 14.2 Å². The second-order valence-corrected chi connectivity index (χ2v) is 8.79. The van der Waals surface area contributed by atoms with Crippen LogP contribution in [0.3, 0.4) is 0 Å². The summed E-state index contributed by atoms with van der Waals surface area (Å²) in [7, 11) is 1.68. The summed E-state index contributed by atoms with van der Waals surface area (Å²) in [6.45, 7) is 12.2. The first kappa shape index (κ1) is 22.8. The lowest BCUT2D eigenvalue weighted by Gasteiger charge is -2.22. The molecule has 3 aromatic rings. The van der Waals surface area contributed by atoms with Gasteiger partial charge in [-0.1, -0.05) is 57.2 Å². The van der Waals surface area contributed by atoms with Crippen molar-refractivity contribution in [3.05, 3.63) is 77.0 Å². The molecule has 31 heavy (non-hydrogen) atoms. The zero-order chi connectivity index (χ0) is 22.4. The van der Waals surface area contributed by atoms with Gasteiger partial charge in [-0.3, -0.25) is 4.98 Å². The van der Waals surface area contributed by atoms with Crippen molar-refractivity contribution >= 4 is 0 Å².